The van der Waals surface area contributed by atoms with Crippen molar-refractivity contribution in [1.82, 2.24) is 0 Å². The van der Waals surface area contributed by atoms with Gasteiger partial charge < -0.3 is 47.4 Å². The first-order valence-corrected chi connectivity index (χ1v) is 10.2. The maximum Gasteiger partial charge on any atom is 0.417 e. The first-order chi connectivity index (χ1) is 18.8. The molecule has 0 bridgehead atoms. The van der Waals surface area contributed by atoms with E-state index in [0.717, 1.165) is 28.4 Å². The van der Waals surface area contributed by atoms with Crippen molar-refractivity contribution in [3.05, 3.63) is 0 Å². The molecular weight excluding hydrogens is 560 g/mol. The Labute approximate surface area is 222 Å². The lowest BCUT2D eigenvalue weighted by Gasteiger charge is -2.18. The summed E-state index contributed by atoms with van der Waals surface area (Å²) >= 11 is 0. The fourth-order valence-corrected chi connectivity index (χ4v) is 1.87. The molecule has 0 aliphatic rings. The van der Waals surface area contributed by atoms with E-state index in [2.05, 4.69) is 47.4 Å². The minimum absolute atomic E-state index is 0.831. The van der Waals surface area contributed by atoms with Gasteiger partial charge in [-0.2, -0.15) is 0 Å². The molecule has 0 aliphatic carbocycles. The molecule has 0 spiro atoms. The van der Waals surface area contributed by atoms with Crippen molar-refractivity contribution < 1.29 is 95.3 Å². The fourth-order valence-electron chi connectivity index (χ4n) is 1.87. The second-order valence-electron chi connectivity index (χ2n) is 6.41. The van der Waals surface area contributed by atoms with Crippen LogP contribution < -0.4 is 0 Å². The smallest absolute Gasteiger partial charge is 0.417 e. The predicted octanol–water partition coefficient (Wildman–Crippen LogP) is -4.33. The molecule has 0 aromatic carbocycles. The van der Waals surface area contributed by atoms with E-state index in [4.69, 9.17) is 0 Å². The van der Waals surface area contributed by atoms with E-state index in [9.17, 15) is 47.9 Å². The molecule has 0 aromatic heterocycles. The van der Waals surface area contributed by atoms with Crippen molar-refractivity contribution in [2.75, 3.05) is 54.9 Å². The quantitative estimate of drug-likeness (QED) is 0.134. The SMILES string of the molecule is COC(=O)C(=O)OCC(COC(=O)C(=O)OCC(COC(=O)C(=O)OC)OC(=O)C(=O)OC)OC(=O)C(=O)OC. The normalized spacial score (nSPS) is 11.2. The molecule has 0 fully saturated rings. The van der Waals surface area contributed by atoms with E-state index in [0.29, 0.717) is 0 Å². The van der Waals surface area contributed by atoms with Crippen LogP contribution in [0, 0.1) is 0 Å². The van der Waals surface area contributed by atoms with Gasteiger partial charge in [-0.05, 0) is 0 Å². The van der Waals surface area contributed by atoms with Crippen LogP contribution in [0.4, 0.5) is 0 Å². The number of hydrogen-bond acceptors (Lipinski definition) is 20. The molecule has 40 heavy (non-hydrogen) atoms. The molecule has 0 aliphatic heterocycles. The summed E-state index contributed by atoms with van der Waals surface area (Å²) in [4.78, 5) is 115. The highest BCUT2D eigenvalue weighted by atomic mass is 16.7. The molecule has 0 N–H and O–H groups in total. The molecule has 0 amide bonds. The van der Waals surface area contributed by atoms with Gasteiger partial charge in [-0.3, -0.25) is 0 Å². The van der Waals surface area contributed by atoms with Crippen LogP contribution in [0.2, 0.25) is 0 Å². The molecular formula is C20H22O20. The topological polar surface area (TPSA) is 263 Å². The molecule has 0 heterocycles. The number of rotatable bonds is 10. The highest BCUT2D eigenvalue weighted by molar-refractivity contribution is 6.31. The summed E-state index contributed by atoms with van der Waals surface area (Å²) in [6, 6.07) is 0. The molecule has 222 valence electrons. The first kappa shape index (κ1) is 34.7. The average molecular weight is 582 g/mol. The zero-order valence-electron chi connectivity index (χ0n) is 21.1. The number of carbonyl (C=O) groups excluding carboxylic acids is 10. The third kappa shape index (κ3) is 12.8. The van der Waals surface area contributed by atoms with Crippen molar-refractivity contribution in [1.29, 1.82) is 0 Å². The number of methoxy groups -OCH3 is 4. The van der Waals surface area contributed by atoms with E-state index >= 15 is 0 Å². The van der Waals surface area contributed by atoms with Gasteiger partial charge in [0, 0.05) is 0 Å². The first-order valence-electron chi connectivity index (χ1n) is 10.2. The van der Waals surface area contributed by atoms with E-state index in [1.54, 1.807) is 0 Å². The summed E-state index contributed by atoms with van der Waals surface area (Å²) < 4.78 is 43.6. The summed E-state index contributed by atoms with van der Waals surface area (Å²) in [5, 5.41) is 0. The van der Waals surface area contributed by atoms with E-state index < -0.39 is 98.3 Å². The Bertz CT molecular complexity index is 932. The van der Waals surface area contributed by atoms with Gasteiger partial charge in [-0.15, -0.1) is 0 Å². The van der Waals surface area contributed by atoms with E-state index in [1.807, 2.05) is 0 Å². The lowest BCUT2D eigenvalue weighted by Crippen LogP contribution is -2.37. The van der Waals surface area contributed by atoms with Crippen LogP contribution in [-0.4, -0.2) is 127 Å². The number of carbonyl (C=O) groups is 10. The summed E-state index contributed by atoms with van der Waals surface area (Å²) in [7, 11) is 3.38. The monoisotopic (exact) mass is 582 g/mol. The average Bonchev–Trinajstić information content (AvgIpc) is 2.96. The number of esters is 10. The summed E-state index contributed by atoms with van der Waals surface area (Å²) in [5.74, 6) is -15.8. The standard InChI is InChI=1S/C20H22O20/c1-31-11(21)15(25)35-5-9(39-19(29)13(23)33-3)7-37-17(27)18(28)38-8-10(40-20(30)14(24)34-4)6-36-16(26)12(22)32-2/h9-10H,5-8H2,1-4H3. The van der Waals surface area contributed by atoms with Gasteiger partial charge >= 0.3 is 59.7 Å². The Hall–Kier alpha value is -5.30. The highest BCUT2D eigenvalue weighted by Crippen LogP contribution is 2.03. The van der Waals surface area contributed by atoms with Crippen molar-refractivity contribution in [2.45, 2.75) is 12.2 Å². The van der Waals surface area contributed by atoms with Gasteiger partial charge in [0.2, 0.25) is 0 Å². The lowest BCUT2D eigenvalue weighted by molar-refractivity contribution is -0.184. The zero-order valence-corrected chi connectivity index (χ0v) is 21.1. The minimum atomic E-state index is -1.77. The van der Waals surface area contributed by atoms with Crippen LogP contribution in [0.25, 0.3) is 0 Å². The molecule has 20 nitrogen and oxygen atoms in total. The van der Waals surface area contributed by atoms with Gasteiger partial charge in [0.25, 0.3) is 0 Å². The predicted molar refractivity (Wildman–Crippen MR) is 112 cm³/mol. The largest absolute Gasteiger partial charge is 0.461 e. The summed E-state index contributed by atoms with van der Waals surface area (Å²) in [6.45, 7) is -4.00. The third-order valence-electron chi connectivity index (χ3n) is 3.72. The third-order valence-corrected chi connectivity index (χ3v) is 3.72. The number of ether oxygens (including phenoxy) is 10. The Morgan fingerprint density at radius 2 is 0.550 bits per heavy atom. The lowest BCUT2D eigenvalue weighted by atomic mass is 10.4. The molecule has 0 saturated heterocycles. The van der Waals surface area contributed by atoms with Crippen molar-refractivity contribution >= 4 is 59.7 Å². The molecule has 0 aromatic rings. The highest BCUT2D eigenvalue weighted by Gasteiger charge is 2.30. The van der Waals surface area contributed by atoms with Crippen molar-refractivity contribution in [3.63, 3.8) is 0 Å². The summed E-state index contributed by atoms with van der Waals surface area (Å²) in [6.07, 6.45) is -3.49. The molecule has 0 saturated carbocycles. The van der Waals surface area contributed by atoms with Crippen LogP contribution in [0.15, 0.2) is 0 Å². The van der Waals surface area contributed by atoms with Gasteiger partial charge in [0.05, 0.1) is 28.4 Å². The van der Waals surface area contributed by atoms with Crippen LogP contribution in [0.5, 0.6) is 0 Å². The fraction of sp³-hybridized carbons (Fsp3) is 0.500. The van der Waals surface area contributed by atoms with Gasteiger partial charge in [-0.25, -0.2) is 47.9 Å². The van der Waals surface area contributed by atoms with Crippen LogP contribution in [0.3, 0.4) is 0 Å². The number of hydrogen-bond donors (Lipinski definition) is 0. The Balaban J connectivity index is 5.22. The van der Waals surface area contributed by atoms with Gasteiger partial charge in [-0.1, -0.05) is 0 Å². The maximum absolute atomic E-state index is 12.0. The zero-order chi connectivity index (χ0) is 30.8. The second kappa shape index (κ2) is 18.0. The van der Waals surface area contributed by atoms with Crippen molar-refractivity contribution in [3.8, 4) is 0 Å². The van der Waals surface area contributed by atoms with E-state index in [-0.39, 0.29) is 0 Å². The van der Waals surface area contributed by atoms with Gasteiger partial charge in [0.1, 0.15) is 26.4 Å². The molecule has 20 heteroatoms. The second-order valence-corrected chi connectivity index (χ2v) is 6.41. The Kier molecular flexibility index (Phi) is 15.6. The molecule has 2 unspecified atom stereocenters. The molecule has 0 rings (SSSR count). The molecule has 2 atom stereocenters. The Morgan fingerprint density at radius 3 is 0.775 bits per heavy atom. The van der Waals surface area contributed by atoms with Crippen LogP contribution >= 0.6 is 0 Å². The molecule has 0 radical (unpaired) electrons. The van der Waals surface area contributed by atoms with Crippen LogP contribution in [-0.2, 0) is 95.3 Å². The van der Waals surface area contributed by atoms with Gasteiger partial charge in [0.15, 0.2) is 12.2 Å². The minimum Gasteiger partial charge on any atom is -0.461 e. The summed E-state index contributed by atoms with van der Waals surface area (Å²) in [5.41, 5.74) is 0. The maximum atomic E-state index is 12.0. The van der Waals surface area contributed by atoms with Crippen LogP contribution in [0.1, 0.15) is 0 Å². The van der Waals surface area contributed by atoms with Crippen molar-refractivity contribution in [2.24, 2.45) is 0 Å². The Morgan fingerprint density at radius 1 is 0.350 bits per heavy atom. The van der Waals surface area contributed by atoms with E-state index in [1.165, 1.54) is 0 Å².